The van der Waals surface area contributed by atoms with Gasteiger partial charge in [0.1, 0.15) is 5.75 Å². The number of aromatic nitrogens is 1. The van der Waals surface area contributed by atoms with Crippen LogP contribution < -0.4 is 10.1 Å². The Morgan fingerprint density at radius 2 is 2.12 bits per heavy atom. The van der Waals surface area contributed by atoms with Crippen molar-refractivity contribution in [3.63, 3.8) is 0 Å². The van der Waals surface area contributed by atoms with E-state index in [-0.39, 0.29) is 11.9 Å². The molecule has 0 aliphatic carbocycles. The van der Waals surface area contributed by atoms with E-state index in [2.05, 4.69) is 27.3 Å². The third kappa shape index (κ3) is 4.49. The maximum absolute atomic E-state index is 12.6. The lowest BCUT2D eigenvalue weighted by molar-refractivity contribution is -0.120. The predicted octanol–water partition coefficient (Wildman–Crippen LogP) is 3.60. The average Bonchev–Trinajstić information content (AvgIpc) is 2.70. The van der Waals surface area contributed by atoms with Crippen molar-refractivity contribution in [1.29, 1.82) is 0 Å². The van der Waals surface area contributed by atoms with Gasteiger partial charge in [-0.2, -0.15) is 0 Å². The van der Waals surface area contributed by atoms with E-state index < -0.39 is 0 Å². The van der Waals surface area contributed by atoms with E-state index in [1.54, 1.807) is 6.20 Å². The van der Waals surface area contributed by atoms with E-state index in [1.165, 1.54) is 11.1 Å². The Bertz CT molecular complexity index is 757. The highest BCUT2D eigenvalue weighted by atomic mass is 16.5. The van der Waals surface area contributed by atoms with Gasteiger partial charge in [-0.3, -0.25) is 14.7 Å². The van der Waals surface area contributed by atoms with Gasteiger partial charge in [0.15, 0.2) is 0 Å². The number of ether oxygens (including phenoxy) is 1. The van der Waals surface area contributed by atoms with Gasteiger partial charge in [0.2, 0.25) is 5.91 Å². The number of carbonyl (C=O) groups is 1. The van der Waals surface area contributed by atoms with E-state index in [1.807, 2.05) is 50.4 Å². The van der Waals surface area contributed by atoms with Crippen molar-refractivity contribution in [3.05, 3.63) is 60.4 Å². The van der Waals surface area contributed by atoms with Crippen LogP contribution in [0.2, 0.25) is 0 Å². The first kappa shape index (κ1) is 18.1. The SMILES string of the molecule is CCOc1ccc(NC(=O)[C@@H](C)N2CC=C(c3cccnc3)CC2)cc1. The van der Waals surface area contributed by atoms with Crippen LogP contribution in [0.5, 0.6) is 5.75 Å². The van der Waals surface area contributed by atoms with Crippen LogP contribution in [0.4, 0.5) is 5.69 Å². The molecule has 0 saturated carbocycles. The quantitative estimate of drug-likeness (QED) is 0.864. The monoisotopic (exact) mass is 351 g/mol. The molecule has 1 aromatic heterocycles. The van der Waals surface area contributed by atoms with Crippen molar-refractivity contribution in [1.82, 2.24) is 9.88 Å². The summed E-state index contributed by atoms with van der Waals surface area (Å²) >= 11 is 0. The average molecular weight is 351 g/mol. The predicted molar refractivity (Wildman–Crippen MR) is 104 cm³/mol. The zero-order valence-corrected chi connectivity index (χ0v) is 15.3. The molecule has 1 atom stereocenters. The molecular weight excluding hydrogens is 326 g/mol. The van der Waals surface area contributed by atoms with E-state index >= 15 is 0 Å². The lowest BCUT2D eigenvalue weighted by atomic mass is 10.0. The van der Waals surface area contributed by atoms with Crippen LogP contribution in [0.1, 0.15) is 25.8 Å². The molecule has 3 rings (SSSR count). The van der Waals surface area contributed by atoms with Crippen molar-refractivity contribution >= 4 is 17.2 Å². The molecule has 5 nitrogen and oxygen atoms in total. The number of hydrogen-bond acceptors (Lipinski definition) is 4. The second kappa shape index (κ2) is 8.63. The largest absolute Gasteiger partial charge is 0.494 e. The van der Waals surface area contributed by atoms with Gasteiger partial charge < -0.3 is 10.1 Å². The zero-order valence-electron chi connectivity index (χ0n) is 15.3. The third-order valence-electron chi connectivity index (χ3n) is 4.63. The van der Waals surface area contributed by atoms with E-state index in [4.69, 9.17) is 4.74 Å². The van der Waals surface area contributed by atoms with E-state index in [0.29, 0.717) is 6.61 Å². The summed E-state index contributed by atoms with van der Waals surface area (Å²) in [6.45, 7) is 6.16. The number of amides is 1. The van der Waals surface area contributed by atoms with Gasteiger partial charge >= 0.3 is 0 Å². The van der Waals surface area contributed by atoms with Crippen molar-refractivity contribution in [3.8, 4) is 5.75 Å². The summed E-state index contributed by atoms with van der Waals surface area (Å²) in [6.07, 6.45) is 6.80. The Morgan fingerprint density at radius 3 is 2.73 bits per heavy atom. The molecule has 5 heteroatoms. The van der Waals surface area contributed by atoms with Gasteiger partial charge in [-0.1, -0.05) is 12.1 Å². The molecule has 0 bridgehead atoms. The van der Waals surface area contributed by atoms with E-state index in [0.717, 1.165) is 30.9 Å². The van der Waals surface area contributed by atoms with Crippen LogP contribution in [-0.4, -0.2) is 41.5 Å². The molecule has 1 amide bonds. The Morgan fingerprint density at radius 1 is 1.31 bits per heavy atom. The number of benzene rings is 1. The molecule has 2 heterocycles. The molecule has 2 aromatic rings. The van der Waals surface area contributed by atoms with Crippen LogP contribution >= 0.6 is 0 Å². The molecule has 1 aliphatic heterocycles. The molecule has 26 heavy (non-hydrogen) atoms. The highest BCUT2D eigenvalue weighted by Gasteiger charge is 2.23. The second-order valence-corrected chi connectivity index (χ2v) is 6.34. The fourth-order valence-corrected chi connectivity index (χ4v) is 3.07. The van der Waals surface area contributed by atoms with Crippen molar-refractivity contribution in [2.45, 2.75) is 26.3 Å². The van der Waals surface area contributed by atoms with Crippen molar-refractivity contribution in [2.75, 3.05) is 25.0 Å². The molecule has 0 saturated heterocycles. The fraction of sp³-hybridized carbons (Fsp3) is 0.333. The molecule has 0 unspecified atom stereocenters. The van der Waals surface area contributed by atoms with E-state index in [9.17, 15) is 4.79 Å². The van der Waals surface area contributed by atoms with Gasteiger partial charge in [0.25, 0.3) is 0 Å². The molecule has 0 radical (unpaired) electrons. The fourth-order valence-electron chi connectivity index (χ4n) is 3.07. The Labute approximate surface area is 154 Å². The summed E-state index contributed by atoms with van der Waals surface area (Å²) in [4.78, 5) is 18.9. The lowest BCUT2D eigenvalue weighted by Gasteiger charge is -2.31. The van der Waals surface area contributed by atoms with Crippen LogP contribution in [-0.2, 0) is 4.79 Å². The topological polar surface area (TPSA) is 54.5 Å². The van der Waals surface area contributed by atoms with Crippen molar-refractivity contribution < 1.29 is 9.53 Å². The number of nitrogens with zero attached hydrogens (tertiary/aromatic N) is 2. The summed E-state index contributed by atoms with van der Waals surface area (Å²) in [5, 5.41) is 2.98. The normalized spacial score (nSPS) is 15.8. The summed E-state index contributed by atoms with van der Waals surface area (Å²) in [5.74, 6) is 0.815. The van der Waals surface area contributed by atoms with Crippen LogP contribution in [0.25, 0.3) is 5.57 Å². The minimum atomic E-state index is -0.187. The molecule has 1 aromatic carbocycles. The minimum absolute atomic E-state index is 0.00684. The smallest absolute Gasteiger partial charge is 0.241 e. The molecule has 136 valence electrons. The van der Waals surface area contributed by atoms with Gasteiger partial charge in [0.05, 0.1) is 12.6 Å². The summed E-state index contributed by atoms with van der Waals surface area (Å²) in [7, 11) is 0. The Hall–Kier alpha value is -2.66. The number of hydrogen-bond donors (Lipinski definition) is 1. The van der Waals surface area contributed by atoms with Gasteiger partial charge in [-0.05, 0) is 61.7 Å². The number of nitrogens with one attached hydrogen (secondary N) is 1. The summed E-state index contributed by atoms with van der Waals surface area (Å²) in [6, 6.07) is 11.3. The molecule has 1 aliphatic rings. The van der Waals surface area contributed by atoms with Crippen LogP contribution in [0.3, 0.4) is 0 Å². The number of rotatable bonds is 6. The lowest BCUT2D eigenvalue weighted by Crippen LogP contribution is -2.44. The maximum Gasteiger partial charge on any atom is 0.241 e. The van der Waals surface area contributed by atoms with Gasteiger partial charge in [-0.15, -0.1) is 0 Å². The summed E-state index contributed by atoms with van der Waals surface area (Å²) in [5.41, 5.74) is 3.25. The second-order valence-electron chi connectivity index (χ2n) is 6.34. The first-order valence-corrected chi connectivity index (χ1v) is 9.04. The summed E-state index contributed by atoms with van der Waals surface area (Å²) < 4.78 is 5.42. The van der Waals surface area contributed by atoms with Crippen LogP contribution in [0.15, 0.2) is 54.9 Å². The Kier molecular flexibility index (Phi) is 6.02. The zero-order chi connectivity index (χ0) is 18.4. The third-order valence-corrected chi connectivity index (χ3v) is 4.63. The first-order chi connectivity index (χ1) is 12.7. The van der Waals surface area contributed by atoms with Crippen LogP contribution in [0, 0.1) is 0 Å². The Balaban J connectivity index is 1.56. The maximum atomic E-state index is 12.6. The minimum Gasteiger partial charge on any atom is -0.494 e. The first-order valence-electron chi connectivity index (χ1n) is 9.04. The van der Waals surface area contributed by atoms with Gasteiger partial charge in [0, 0.05) is 31.2 Å². The number of carbonyl (C=O) groups excluding carboxylic acids is 1. The van der Waals surface area contributed by atoms with Gasteiger partial charge in [-0.25, -0.2) is 0 Å². The molecule has 1 N–H and O–H groups in total. The number of pyridine rings is 1. The molecule has 0 spiro atoms. The highest BCUT2D eigenvalue weighted by Crippen LogP contribution is 2.23. The molecular formula is C21H25N3O2. The molecule has 0 fully saturated rings. The van der Waals surface area contributed by atoms with Crippen molar-refractivity contribution in [2.24, 2.45) is 0 Å². The standard InChI is InChI=1S/C21H25N3O2/c1-3-26-20-8-6-19(7-9-20)23-21(25)16(2)24-13-10-17(11-14-24)18-5-4-12-22-15-18/h4-10,12,15-16H,3,11,13-14H2,1-2H3,(H,23,25)/t16-/m1/s1. The number of anilines is 1. The highest BCUT2D eigenvalue weighted by molar-refractivity contribution is 5.94.